The monoisotopic (exact) mass is 408 g/mol. The zero-order valence-electron chi connectivity index (χ0n) is 17.5. The minimum atomic E-state index is -0.876. The third-order valence-electron chi connectivity index (χ3n) is 6.57. The molecule has 164 valence electrons. The molecule has 0 aliphatic heterocycles. The molecule has 0 saturated heterocycles. The summed E-state index contributed by atoms with van der Waals surface area (Å²) in [6.07, 6.45) is 8.95. The van der Waals surface area contributed by atoms with Gasteiger partial charge in [-0.2, -0.15) is 0 Å². The van der Waals surface area contributed by atoms with E-state index in [1.54, 1.807) is 12.2 Å². The fourth-order valence-electron chi connectivity index (χ4n) is 4.93. The molecule has 6 nitrogen and oxygen atoms in total. The van der Waals surface area contributed by atoms with Crippen molar-refractivity contribution >= 4 is 17.5 Å². The Kier molecular flexibility index (Phi) is 9.50. The summed E-state index contributed by atoms with van der Waals surface area (Å²) in [5, 5.41) is 29.5. The van der Waals surface area contributed by atoms with Crippen molar-refractivity contribution in [3.63, 3.8) is 0 Å². The quantitative estimate of drug-likeness (QED) is 0.337. The van der Waals surface area contributed by atoms with Crippen LogP contribution in [0.2, 0.25) is 0 Å². The van der Waals surface area contributed by atoms with Gasteiger partial charge in [0.25, 0.3) is 0 Å². The van der Waals surface area contributed by atoms with E-state index in [1.807, 2.05) is 0 Å². The average Bonchev–Trinajstić information content (AvgIpc) is 3.22. The van der Waals surface area contributed by atoms with E-state index < -0.39 is 30.0 Å². The predicted octanol–water partition coefficient (Wildman–Crippen LogP) is 3.29. The third kappa shape index (κ3) is 7.34. The van der Waals surface area contributed by atoms with E-state index in [4.69, 9.17) is 5.11 Å². The molecule has 2 rings (SSSR count). The molecule has 6 heteroatoms. The summed E-state index contributed by atoms with van der Waals surface area (Å²) in [7, 11) is 0. The maximum Gasteiger partial charge on any atom is 0.303 e. The number of aliphatic carboxylic acids is 1. The Morgan fingerprint density at radius 2 is 1.93 bits per heavy atom. The summed E-state index contributed by atoms with van der Waals surface area (Å²) in [6, 6.07) is 0. The SMILES string of the molecule is CCCC1CCC([C@H](O)/C=C/[C@H]2[C@H](O)CC(=O)[C@@H]2CC(=O)CCCCC(=O)O)C1. The number of aliphatic hydroxyl groups is 2. The molecule has 2 saturated carbocycles. The Morgan fingerprint density at radius 1 is 1.21 bits per heavy atom. The van der Waals surface area contributed by atoms with Crippen LogP contribution in [0.3, 0.4) is 0 Å². The maximum atomic E-state index is 12.3. The van der Waals surface area contributed by atoms with Gasteiger partial charge in [-0.05, 0) is 37.5 Å². The van der Waals surface area contributed by atoms with Crippen LogP contribution >= 0.6 is 0 Å². The fraction of sp³-hybridized carbons (Fsp3) is 0.783. The van der Waals surface area contributed by atoms with Gasteiger partial charge >= 0.3 is 5.97 Å². The number of hydrogen-bond donors (Lipinski definition) is 3. The number of rotatable bonds is 12. The van der Waals surface area contributed by atoms with Crippen molar-refractivity contribution in [1.29, 1.82) is 0 Å². The number of carbonyl (C=O) groups excluding carboxylic acids is 2. The van der Waals surface area contributed by atoms with Gasteiger partial charge in [0.1, 0.15) is 11.6 Å². The Bertz CT molecular complexity index is 598. The molecule has 0 aromatic carbocycles. The van der Waals surface area contributed by atoms with Crippen LogP contribution in [0, 0.1) is 23.7 Å². The van der Waals surface area contributed by atoms with E-state index in [0.717, 1.165) is 25.7 Å². The molecule has 0 spiro atoms. The Hall–Kier alpha value is -1.53. The van der Waals surface area contributed by atoms with Gasteiger partial charge in [-0.15, -0.1) is 0 Å². The average molecular weight is 409 g/mol. The summed E-state index contributed by atoms with van der Waals surface area (Å²) in [5.41, 5.74) is 0. The van der Waals surface area contributed by atoms with Gasteiger partial charge in [0.2, 0.25) is 0 Å². The molecule has 29 heavy (non-hydrogen) atoms. The van der Waals surface area contributed by atoms with Crippen LogP contribution in [-0.2, 0) is 14.4 Å². The molecule has 3 N–H and O–H groups in total. The Morgan fingerprint density at radius 3 is 2.62 bits per heavy atom. The maximum absolute atomic E-state index is 12.3. The number of hydrogen-bond acceptors (Lipinski definition) is 5. The highest BCUT2D eigenvalue weighted by atomic mass is 16.4. The molecule has 0 heterocycles. The number of Topliss-reactive ketones (excluding diaryl/α,β-unsaturated/α-hetero) is 2. The van der Waals surface area contributed by atoms with Crippen molar-refractivity contribution in [2.24, 2.45) is 23.7 Å². The molecule has 0 radical (unpaired) electrons. The van der Waals surface area contributed by atoms with Crippen LogP contribution in [0.25, 0.3) is 0 Å². The van der Waals surface area contributed by atoms with Gasteiger partial charge in [0.05, 0.1) is 12.2 Å². The molecule has 0 aromatic rings. The standard InChI is InChI=1S/C23H36O6/c1-2-5-15-8-9-16(12-15)20(25)11-10-18-19(22(27)14-21(18)26)13-17(24)6-3-4-7-23(28)29/h10-11,15-16,18-21,25-26H,2-9,12-14H2,1H3,(H,28,29)/b11-10+/t15?,16?,18-,19-,20-,21-/m1/s1. The molecule has 0 amide bonds. The summed E-state index contributed by atoms with van der Waals surface area (Å²) in [6.45, 7) is 2.18. The first-order valence-corrected chi connectivity index (χ1v) is 11.1. The molecule has 0 aromatic heterocycles. The Labute approximate surface area is 173 Å². The lowest BCUT2D eigenvalue weighted by Crippen LogP contribution is -2.23. The second-order valence-electron chi connectivity index (χ2n) is 8.87. The van der Waals surface area contributed by atoms with Crippen molar-refractivity contribution in [3.8, 4) is 0 Å². The van der Waals surface area contributed by atoms with Gasteiger partial charge in [-0.25, -0.2) is 0 Å². The van der Waals surface area contributed by atoms with Crippen LogP contribution in [-0.4, -0.2) is 45.1 Å². The molecule has 2 aliphatic carbocycles. The minimum Gasteiger partial charge on any atom is -0.481 e. The second kappa shape index (κ2) is 11.6. The summed E-state index contributed by atoms with van der Waals surface area (Å²) >= 11 is 0. The smallest absolute Gasteiger partial charge is 0.303 e. The zero-order chi connectivity index (χ0) is 21.4. The van der Waals surface area contributed by atoms with Gasteiger partial charge < -0.3 is 15.3 Å². The largest absolute Gasteiger partial charge is 0.481 e. The van der Waals surface area contributed by atoms with E-state index >= 15 is 0 Å². The topological polar surface area (TPSA) is 112 Å². The molecule has 2 aliphatic rings. The van der Waals surface area contributed by atoms with E-state index in [9.17, 15) is 24.6 Å². The third-order valence-corrected chi connectivity index (χ3v) is 6.57. The van der Waals surface area contributed by atoms with Gasteiger partial charge in [0.15, 0.2) is 0 Å². The van der Waals surface area contributed by atoms with Crippen LogP contribution in [0.5, 0.6) is 0 Å². The van der Waals surface area contributed by atoms with E-state index in [-0.39, 0.29) is 43.2 Å². The molecular weight excluding hydrogens is 372 g/mol. The van der Waals surface area contributed by atoms with Crippen molar-refractivity contribution in [1.82, 2.24) is 0 Å². The highest BCUT2D eigenvalue weighted by molar-refractivity contribution is 5.90. The lowest BCUT2D eigenvalue weighted by molar-refractivity contribution is -0.137. The van der Waals surface area contributed by atoms with Gasteiger partial charge in [-0.1, -0.05) is 38.3 Å². The van der Waals surface area contributed by atoms with Crippen molar-refractivity contribution in [2.75, 3.05) is 0 Å². The number of carboxylic acid groups (broad SMARTS) is 1. The second-order valence-corrected chi connectivity index (χ2v) is 8.87. The van der Waals surface area contributed by atoms with Crippen molar-refractivity contribution < 1.29 is 29.7 Å². The molecule has 0 bridgehead atoms. The van der Waals surface area contributed by atoms with Gasteiger partial charge in [0, 0.05) is 37.5 Å². The van der Waals surface area contributed by atoms with Crippen LogP contribution in [0.4, 0.5) is 0 Å². The summed E-state index contributed by atoms with van der Waals surface area (Å²) < 4.78 is 0. The molecule has 6 atom stereocenters. The number of carbonyl (C=O) groups is 3. The number of aliphatic hydroxyl groups excluding tert-OH is 2. The number of ketones is 2. The lowest BCUT2D eigenvalue weighted by Gasteiger charge is -2.19. The molecular formula is C23H36O6. The molecule has 2 unspecified atom stereocenters. The van der Waals surface area contributed by atoms with E-state index in [1.165, 1.54) is 6.42 Å². The summed E-state index contributed by atoms with van der Waals surface area (Å²) in [5.74, 6) is -1.13. The van der Waals surface area contributed by atoms with E-state index in [2.05, 4.69) is 6.92 Å². The van der Waals surface area contributed by atoms with Crippen molar-refractivity contribution in [3.05, 3.63) is 12.2 Å². The van der Waals surface area contributed by atoms with Crippen LogP contribution in [0.1, 0.15) is 77.6 Å². The minimum absolute atomic E-state index is 0.0396. The summed E-state index contributed by atoms with van der Waals surface area (Å²) in [4.78, 5) is 35.0. The van der Waals surface area contributed by atoms with Gasteiger partial charge in [-0.3, -0.25) is 14.4 Å². The van der Waals surface area contributed by atoms with Crippen molar-refractivity contribution in [2.45, 2.75) is 89.8 Å². The number of carboxylic acids is 1. The first-order valence-electron chi connectivity index (χ1n) is 11.1. The van der Waals surface area contributed by atoms with Crippen LogP contribution in [0.15, 0.2) is 12.2 Å². The highest BCUT2D eigenvalue weighted by Gasteiger charge is 2.41. The number of unbranched alkanes of at least 4 members (excludes halogenated alkanes) is 1. The van der Waals surface area contributed by atoms with E-state index in [0.29, 0.717) is 18.8 Å². The predicted molar refractivity (Wildman–Crippen MR) is 109 cm³/mol. The fourth-order valence-corrected chi connectivity index (χ4v) is 4.93. The van der Waals surface area contributed by atoms with Crippen LogP contribution < -0.4 is 0 Å². The zero-order valence-corrected chi connectivity index (χ0v) is 17.5. The first kappa shape index (κ1) is 23.7. The molecule has 2 fully saturated rings. The Balaban J connectivity index is 1.86. The lowest BCUT2D eigenvalue weighted by atomic mass is 9.87. The highest BCUT2D eigenvalue weighted by Crippen LogP contribution is 2.37. The first-order chi connectivity index (χ1) is 13.8. The normalized spacial score (nSPS) is 30.9.